The first kappa shape index (κ1) is 35.7. The molecule has 0 aromatic heterocycles. The molecule has 0 atom stereocenters. The van der Waals surface area contributed by atoms with Gasteiger partial charge in [-0.15, -0.1) is 20.3 Å². The third-order valence-electron chi connectivity index (χ3n) is 1.94. The van der Waals surface area contributed by atoms with Crippen LogP contribution in [0.4, 0.5) is 0 Å². The second-order valence-corrected chi connectivity index (χ2v) is 9.71. The van der Waals surface area contributed by atoms with E-state index in [0.717, 1.165) is 0 Å². The molecule has 148 valence electrons. The maximum absolute atomic E-state index is 2.27. The highest BCUT2D eigenvalue weighted by atomic mass is 35.5. The van der Waals surface area contributed by atoms with E-state index in [4.69, 9.17) is 0 Å². The quantitative estimate of drug-likeness (QED) is 0.420. The van der Waals surface area contributed by atoms with Gasteiger partial charge in [-0.3, -0.25) is 0 Å². The Morgan fingerprint density at radius 2 is 0.720 bits per heavy atom. The molecule has 0 unspecified atom stereocenters. The van der Waals surface area contributed by atoms with E-state index in [0.29, 0.717) is 7.92 Å². The summed E-state index contributed by atoms with van der Waals surface area (Å²) >= 11 is 0. The molecule has 0 radical (unpaired) electrons. The van der Waals surface area contributed by atoms with Gasteiger partial charge in [0.15, 0.2) is 0 Å². The van der Waals surface area contributed by atoms with Crippen LogP contribution in [0.1, 0.15) is 35.1 Å². The summed E-state index contributed by atoms with van der Waals surface area (Å²) in [6.45, 7) is 19.2. The van der Waals surface area contributed by atoms with Crippen molar-refractivity contribution in [1.29, 1.82) is 0 Å². The van der Waals surface area contributed by atoms with Crippen LogP contribution in [0, 0.1) is 0 Å². The van der Waals surface area contributed by atoms with Gasteiger partial charge >= 0.3 is 0 Å². The summed E-state index contributed by atoms with van der Waals surface area (Å²) in [6.07, 6.45) is 0. The van der Waals surface area contributed by atoms with Gasteiger partial charge in [0.05, 0.1) is 0 Å². The van der Waals surface area contributed by atoms with Gasteiger partial charge in [-0.2, -0.15) is 0 Å². The van der Waals surface area contributed by atoms with Crippen LogP contribution in [0.25, 0.3) is 0 Å². The van der Waals surface area contributed by atoms with Crippen molar-refractivity contribution in [1.82, 2.24) is 0 Å². The fraction of sp³-hybridized carbons (Fsp3) is 0.455. The van der Waals surface area contributed by atoms with Crippen molar-refractivity contribution >= 4 is 33.6 Å². The normalized spacial score (nSPS) is 7.48. The van der Waals surface area contributed by atoms with Crippen molar-refractivity contribution in [3.8, 4) is 0 Å². The molecule has 0 amide bonds. The molecule has 2 aromatic rings. The van der Waals surface area contributed by atoms with Crippen LogP contribution < -0.4 is 5.30 Å². The minimum atomic E-state index is 0. The zero-order chi connectivity index (χ0) is 18.5. The van der Waals surface area contributed by atoms with Gasteiger partial charge in [-0.05, 0) is 38.6 Å². The lowest BCUT2D eigenvalue weighted by Crippen LogP contribution is -1.95. The Balaban J connectivity index is -0.0000000739. The zero-order valence-corrected chi connectivity index (χ0v) is 19.8. The lowest BCUT2D eigenvalue weighted by Gasteiger charge is -2.02. The smallest absolute Gasteiger partial charge is 0.0246 e. The molecule has 0 bridgehead atoms. The summed E-state index contributed by atoms with van der Waals surface area (Å²) in [5, 5.41) is 1.48. The van der Waals surface area contributed by atoms with Gasteiger partial charge in [-0.25, -0.2) is 0 Å². The Morgan fingerprint density at radius 1 is 0.520 bits per heavy atom. The summed E-state index contributed by atoms with van der Waals surface area (Å²) in [7, 11) is 0.484. The lowest BCUT2D eigenvalue weighted by molar-refractivity contribution is 1.50. The zero-order valence-electron chi connectivity index (χ0n) is 17.2. The summed E-state index contributed by atoms with van der Waals surface area (Å²) < 4.78 is 0. The van der Waals surface area contributed by atoms with E-state index in [9.17, 15) is 0 Å². The van der Waals surface area contributed by atoms with Crippen LogP contribution >= 0.6 is 28.3 Å². The molecule has 25 heavy (non-hydrogen) atoms. The average Bonchev–Trinajstić information content (AvgIpc) is 2.61. The highest BCUT2D eigenvalue weighted by Crippen LogP contribution is 2.22. The number of hydrogen-bond acceptors (Lipinski definition) is 0. The van der Waals surface area contributed by atoms with E-state index in [1.807, 2.05) is 64.1 Å². The van der Waals surface area contributed by atoms with E-state index in [1.54, 1.807) is 0 Å². The first-order valence-electron chi connectivity index (χ1n) is 8.37. The maximum atomic E-state index is 2.27. The molecule has 0 aliphatic heterocycles. The van der Waals surface area contributed by atoms with Crippen molar-refractivity contribution in [2.24, 2.45) is 0 Å². The number of hydrogen-bond donors (Lipinski definition) is 0. The molecule has 2 rings (SSSR count). The van der Waals surface area contributed by atoms with Crippen molar-refractivity contribution in [2.75, 3.05) is 33.3 Å². The fourth-order valence-corrected chi connectivity index (χ4v) is 1.88. The van der Waals surface area contributed by atoms with Crippen molar-refractivity contribution in [3.05, 3.63) is 66.7 Å². The van der Waals surface area contributed by atoms with Crippen molar-refractivity contribution in [3.63, 3.8) is 0 Å². The second-order valence-electron chi connectivity index (χ2n) is 4.73. The van der Waals surface area contributed by atoms with E-state index >= 15 is 0 Å². The summed E-state index contributed by atoms with van der Waals surface area (Å²) in [5.41, 5.74) is 0. The molecular weight excluding hydrogens is 362 g/mol. The maximum Gasteiger partial charge on any atom is -0.0246 e. The average molecular weight is 405 g/mol. The summed E-state index contributed by atoms with van der Waals surface area (Å²) in [5.74, 6) is 0. The molecule has 0 fully saturated rings. The molecule has 0 nitrogen and oxygen atoms in total. The molecule has 3 heteroatoms. The summed E-state index contributed by atoms with van der Waals surface area (Å²) in [4.78, 5) is 0. The molecule has 0 saturated heterocycles. The van der Waals surface area contributed by atoms with Crippen LogP contribution in [-0.4, -0.2) is 33.3 Å². The van der Waals surface area contributed by atoms with E-state index < -0.39 is 0 Å². The Hall–Kier alpha value is -0.410. The van der Waals surface area contributed by atoms with Gasteiger partial charge in [0.25, 0.3) is 0 Å². The van der Waals surface area contributed by atoms with Gasteiger partial charge in [0.1, 0.15) is 0 Å². The molecule has 0 heterocycles. The monoisotopic (exact) mass is 404 g/mol. The highest BCUT2D eigenvalue weighted by Gasteiger charge is 1.92. The van der Waals surface area contributed by atoms with Crippen LogP contribution in [0.15, 0.2) is 66.7 Å². The first-order valence-corrected chi connectivity index (χ1v) is 13.3. The van der Waals surface area contributed by atoms with Crippen LogP contribution in [-0.2, 0) is 0 Å². The minimum Gasteiger partial charge on any atom is -0.147 e. The largest absolute Gasteiger partial charge is 0.147 e. The van der Waals surface area contributed by atoms with E-state index in [-0.39, 0.29) is 27.8 Å². The van der Waals surface area contributed by atoms with Gasteiger partial charge in [-0.1, -0.05) is 110 Å². The minimum absolute atomic E-state index is 0. The Morgan fingerprint density at radius 3 is 0.880 bits per heavy atom. The lowest BCUT2D eigenvalue weighted by atomic mass is 10.4. The second kappa shape index (κ2) is 31.4. The Kier molecular flexibility index (Phi) is 44.7. The van der Waals surface area contributed by atoms with Gasteiger partial charge in [0, 0.05) is 0 Å². The third-order valence-corrected chi connectivity index (χ3v) is 3.27. The predicted octanol–water partition coefficient (Wildman–Crippen LogP) is 8.21. The summed E-state index contributed by atoms with van der Waals surface area (Å²) in [6, 6.07) is 22.6. The topological polar surface area (TPSA) is 0 Å². The molecule has 0 saturated carbocycles. The van der Waals surface area contributed by atoms with Crippen molar-refractivity contribution < 1.29 is 0 Å². The number of benzene rings is 2. The van der Waals surface area contributed by atoms with Gasteiger partial charge in [0.2, 0.25) is 0 Å². The molecule has 0 N–H and O–H groups in total. The third kappa shape index (κ3) is 35.5. The predicted molar refractivity (Wildman–Crippen MR) is 133 cm³/mol. The Bertz CT molecular complexity index is 360. The molecule has 2 aromatic carbocycles. The van der Waals surface area contributed by atoms with Gasteiger partial charge < -0.3 is 0 Å². The van der Waals surface area contributed by atoms with E-state index in [1.165, 1.54) is 5.30 Å². The number of rotatable bonds is 1. The fourth-order valence-electron chi connectivity index (χ4n) is 1.11. The first-order chi connectivity index (χ1) is 11.0. The highest BCUT2D eigenvalue weighted by molar-refractivity contribution is 7.64. The Labute approximate surface area is 168 Å². The SMILES string of the molecule is C.CC.CC.CP(C)C.CP(C)c1ccccc1.Cl.c1ccccc1. The van der Waals surface area contributed by atoms with Crippen LogP contribution in [0.3, 0.4) is 0 Å². The number of halogens is 1. The molecular formula is C22H43ClP2. The standard InChI is InChI=1S/C8H11P.C6H6.C3H9P.2C2H6.CH4.ClH/c1-9(2)8-6-4-3-5-7-8;1-2-4-6-5-3-1;1-4(2)3;2*1-2;;/h3-7H,1-2H3;1-6H;1-3H3;2*1-2H3;1H4;1H. The molecule has 0 aliphatic carbocycles. The molecule has 0 aliphatic rings. The van der Waals surface area contributed by atoms with Crippen molar-refractivity contribution in [2.45, 2.75) is 35.1 Å². The van der Waals surface area contributed by atoms with Crippen LogP contribution in [0.2, 0.25) is 0 Å². The van der Waals surface area contributed by atoms with Crippen LogP contribution in [0.5, 0.6) is 0 Å². The molecule has 0 spiro atoms. The van der Waals surface area contributed by atoms with E-state index in [2.05, 4.69) is 63.7 Å².